The van der Waals surface area contributed by atoms with Gasteiger partial charge in [-0.3, -0.25) is 4.79 Å². The topological polar surface area (TPSA) is 26.3 Å². The van der Waals surface area contributed by atoms with Crippen molar-refractivity contribution < 1.29 is 9.53 Å². The van der Waals surface area contributed by atoms with Gasteiger partial charge in [0, 0.05) is 5.56 Å². The third kappa shape index (κ3) is 2.23. The first-order valence-corrected chi connectivity index (χ1v) is 3.70. The Morgan fingerprint density at radius 2 is 2.25 bits per heavy atom. The van der Waals surface area contributed by atoms with Crippen molar-refractivity contribution in [3.05, 3.63) is 42.2 Å². The van der Waals surface area contributed by atoms with Crippen molar-refractivity contribution in [3.8, 4) is 5.75 Å². The number of benzene rings is 1. The first-order chi connectivity index (χ1) is 5.86. The molecule has 1 aromatic carbocycles. The SMILES string of the molecule is C/C=C/Oc1cccc(C=O)c1. The van der Waals surface area contributed by atoms with Crippen molar-refractivity contribution in [1.29, 1.82) is 0 Å². The maximum absolute atomic E-state index is 10.4. The summed E-state index contributed by atoms with van der Waals surface area (Å²) < 4.78 is 5.16. The molecule has 0 saturated carbocycles. The second-order valence-electron chi connectivity index (χ2n) is 2.28. The molecule has 0 aliphatic carbocycles. The van der Waals surface area contributed by atoms with E-state index in [0.717, 1.165) is 6.29 Å². The second kappa shape index (κ2) is 4.34. The zero-order chi connectivity index (χ0) is 8.81. The molecule has 2 nitrogen and oxygen atoms in total. The molecule has 2 heteroatoms. The molecule has 1 rings (SSSR count). The molecule has 0 heterocycles. The number of carbonyl (C=O) groups is 1. The van der Waals surface area contributed by atoms with Crippen LogP contribution in [0.5, 0.6) is 5.75 Å². The Hall–Kier alpha value is -1.57. The maximum Gasteiger partial charge on any atom is 0.150 e. The van der Waals surface area contributed by atoms with Crippen LogP contribution in [-0.4, -0.2) is 6.29 Å². The van der Waals surface area contributed by atoms with E-state index in [1.54, 1.807) is 36.6 Å². The van der Waals surface area contributed by atoms with Crippen LogP contribution in [0.1, 0.15) is 17.3 Å². The van der Waals surface area contributed by atoms with Crippen LogP contribution in [-0.2, 0) is 0 Å². The quantitative estimate of drug-likeness (QED) is 0.504. The van der Waals surface area contributed by atoms with Gasteiger partial charge in [0.25, 0.3) is 0 Å². The van der Waals surface area contributed by atoms with E-state index in [-0.39, 0.29) is 0 Å². The average molecular weight is 162 g/mol. The Balaban J connectivity index is 2.79. The normalized spacial score (nSPS) is 10.1. The minimum Gasteiger partial charge on any atom is -0.465 e. The summed E-state index contributed by atoms with van der Waals surface area (Å²) >= 11 is 0. The molecule has 0 aromatic heterocycles. The van der Waals surface area contributed by atoms with Gasteiger partial charge in [-0.15, -0.1) is 0 Å². The number of carbonyl (C=O) groups excluding carboxylic acids is 1. The molecular formula is C10H10O2. The molecule has 0 bridgehead atoms. The largest absolute Gasteiger partial charge is 0.465 e. The fourth-order valence-electron chi connectivity index (χ4n) is 0.808. The first kappa shape index (κ1) is 8.53. The highest BCUT2D eigenvalue weighted by Gasteiger charge is 1.92. The third-order valence-corrected chi connectivity index (χ3v) is 1.33. The minimum atomic E-state index is 0.622. The summed E-state index contributed by atoms with van der Waals surface area (Å²) in [7, 11) is 0. The Morgan fingerprint density at radius 3 is 2.92 bits per heavy atom. The Kier molecular flexibility index (Phi) is 3.08. The van der Waals surface area contributed by atoms with Gasteiger partial charge < -0.3 is 4.74 Å². The van der Waals surface area contributed by atoms with Gasteiger partial charge in [0.1, 0.15) is 12.0 Å². The molecule has 1 aromatic rings. The second-order valence-corrected chi connectivity index (χ2v) is 2.28. The van der Waals surface area contributed by atoms with E-state index in [0.29, 0.717) is 11.3 Å². The van der Waals surface area contributed by atoms with Crippen LogP contribution in [0.15, 0.2) is 36.6 Å². The third-order valence-electron chi connectivity index (χ3n) is 1.33. The zero-order valence-corrected chi connectivity index (χ0v) is 6.86. The van der Waals surface area contributed by atoms with Gasteiger partial charge in [-0.05, 0) is 19.1 Å². The predicted octanol–water partition coefficient (Wildman–Crippen LogP) is 2.41. The molecule has 0 amide bonds. The summed E-state index contributed by atoms with van der Waals surface area (Å²) in [5, 5.41) is 0. The molecule has 0 N–H and O–H groups in total. The number of rotatable bonds is 3. The summed E-state index contributed by atoms with van der Waals surface area (Å²) in [5.74, 6) is 0.678. The molecule has 0 spiro atoms. The Morgan fingerprint density at radius 1 is 1.42 bits per heavy atom. The van der Waals surface area contributed by atoms with Gasteiger partial charge in [0.05, 0.1) is 6.26 Å². The highest BCUT2D eigenvalue weighted by atomic mass is 16.5. The van der Waals surface area contributed by atoms with Crippen LogP contribution in [0.3, 0.4) is 0 Å². The lowest BCUT2D eigenvalue weighted by Gasteiger charge is -1.98. The average Bonchev–Trinajstić information content (AvgIpc) is 2.15. The molecule has 0 atom stereocenters. The van der Waals surface area contributed by atoms with Gasteiger partial charge in [-0.2, -0.15) is 0 Å². The van der Waals surface area contributed by atoms with Crippen molar-refractivity contribution in [2.24, 2.45) is 0 Å². The highest BCUT2D eigenvalue weighted by Crippen LogP contribution is 2.11. The fourth-order valence-corrected chi connectivity index (χ4v) is 0.808. The first-order valence-electron chi connectivity index (χ1n) is 3.70. The Bertz CT molecular complexity index is 290. The summed E-state index contributed by atoms with van der Waals surface area (Å²) in [5.41, 5.74) is 0.622. The minimum absolute atomic E-state index is 0.622. The monoisotopic (exact) mass is 162 g/mol. The molecule has 12 heavy (non-hydrogen) atoms. The summed E-state index contributed by atoms with van der Waals surface area (Å²) in [6.45, 7) is 1.86. The molecular weight excluding hydrogens is 152 g/mol. The van der Waals surface area contributed by atoms with Gasteiger partial charge in [0.15, 0.2) is 0 Å². The van der Waals surface area contributed by atoms with Gasteiger partial charge >= 0.3 is 0 Å². The molecule has 0 unspecified atom stereocenters. The van der Waals surface area contributed by atoms with Crippen molar-refractivity contribution in [1.82, 2.24) is 0 Å². The van der Waals surface area contributed by atoms with Crippen molar-refractivity contribution in [2.75, 3.05) is 0 Å². The van der Waals surface area contributed by atoms with E-state index in [4.69, 9.17) is 4.74 Å². The van der Waals surface area contributed by atoms with Crippen LogP contribution in [0.2, 0.25) is 0 Å². The lowest BCUT2D eigenvalue weighted by atomic mass is 10.2. The molecule has 0 radical (unpaired) electrons. The van der Waals surface area contributed by atoms with Crippen LogP contribution < -0.4 is 4.74 Å². The summed E-state index contributed by atoms with van der Waals surface area (Å²) in [6.07, 6.45) is 4.15. The smallest absolute Gasteiger partial charge is 0.150 e. The Labute approximate surface area is 71.5 Å². The summed E-state index contributed by atoms with van der Waals surface area (Å²) in [6, 6.07) is 7.00. The molecule has 0 aliphatic rings. The maximum atomic E-state index is 10.4. The van der Waals surface area contributed by atoms with E-state index in [2.05, 4.69) is 0 Å². The van der Waals surface area contributed by atoms with Crippen LogP contribution >= 0.6 is 0 Å². The van der Waals surface area contributed by atoms with E-state index in [9.17, 15) is 4.79 Å². The van der Waals surface area contributed by atoms with Gasteiger partial charge in [-0.25, -0.2) is 0 Å². The van der Waals surface area contributed by atoms with Crippen LogP contribution in [0.4, 0.5) is 0 Å². The van der Waals surface area contributed by atoms with E-state index >= 15 is 0 Å². The molecule has 0 saturated heterocycles. The van der Waals surface area contributed by atoms with E-state index in [1.165, 1.54) is 0 Å². The lowest BCUT2D eigenvalue weighted by Crippen LogP contribution is -1.83. The zero-order valence-electron chi connectivity index (χ0n) is 6.86. The predicted molar refractivity (Wildman–Crippen MR) is 47.3 cm³/mol. The number of hydrogen-bond donors (Lipinski definition) is 0. The number of aldehydes is 1. The van der Waals surface area contributed by atoms with Crippen molar-refractivity contribution >= 4 is 6.29 Å². The van der Waals surface area contributed by atoms with Gasteiger partial charge in [0.2, 0.25) is 0 Å². The standard InChI is InChI=1S/C10H10O2/c1-2-6-12-10-5-3-4-9(7-10)8-11/h2-8H,1H3/b6-2+. The fraction of sp³-hybridized carbons (Fsp3) is 0.100. The van der Waals surface area contributed by atoms with Crippen LogP contribution in [0.25, 0.3) is 0 Å². The summed E-state index contributed by atoms with van der Waals surface area (Å²) in [4.78, 5) is 10.4. The number of ether oxygens (including phenoxy) is 1. The van der Waals surface area contributed by atoms with Gasteiger partial charge in [-0.1, -0.05) is 18.2 Å². The molecule has 0 fully saturated rings. The number of hydrogen-bond acceptors (Lipinski definition) is 2. The molecule has 62 valence electrons. The highest BCUT2D eigenvalue weighted by molar-refractivity contribution is 5.75. The van der Waals surface area contributed by atoms with Crippen LogP contribution in [0, 0.1) is 0 Å². The van der Waals surface area contributed by atoms with Crippen molar-refractivity contribution in [2.45, 2.75) is 6.92 Å². The van der Waals surface area contributed by atoms with Crippen molar-refractivity contribution in [3.63, 3.8) is 0 Å². The molecule has 0 aliphatic heterocycles. The van der Waals surface area contributed by atoms with E-state index < -0.39 is 0 Å². The lowest BCUT2D eigenvalue weighted by molar-refractivity contribution is 0.112. The number of allylic oxidation sites excluding steroid dienone is 1. The van der Waals surface area contributed by atoms with E-state index in [1.807, 2.05) is 6.92 Å².